The lowest BCUT2D eigenvalue weighted by Crippen LogP contribution is -2.42. The average Bonchev–Trinajstić information content (AvgIpc) is 2.67. The van der Waals surface area contributed by atoms with Crippen molar-refractivity contribution in [3.63, 3.8) is 0 Å². The van der Waals surface area contributed by atoms with E-state index in [1.807, 2.05) is 4.98 Å². The molecular weight excluding hydrogens is 459 g/mol. The number of nitrogens with one attached hydrogen (secondary N) is 1. The minimum Gasteiger partial charge on any atom is -0.388 e. The third-order valence-electron chi connectivity index (χ3n) is 4.46. The molecule has 0 bridgehead atoms. The van der Waals surface area contributed by atoms with E-state index in [2.05, 4.69) is 14.5 Å². The molecule has 168 valence electrons. The van der Waals surface area contributed by atoms with Crippen LogP contribution < -0.4 is 11.2 Å². The molecule has 0 fully saturated rings. The lowest BCUT2D eigenvalue weighted by molar-refractivity contribution is -0.0793. The Bertz CT molecular complexity index is 1260. The molecule has 15 heteroatoms. The van der Waals surface area contributed by atoms with Gasteiger partial charge in [0.2, 0.25) is 0 Å². The number of hydrogen-bond acceptors (Lipinski definition) is 9. The molecule has 3 atom stereocenters. The van der Waals surface area contributed by atoms with Crippen LogP contribution in [0.15, 0.2) is 21.7 Å². The number of rotatable bonds is 7. The van der Waals surface area contributed by atoms with Crippen molar-refractivity contribution in [2.75, 3.05) is 6.61 Å². The summed E-state index contributed by atoms with van der Waals surface area (Å²) in [7, 11) is -4.91. The lowest BCUT2D eigenvalue weighted by atomic mass is 10.1. The molecule has 2 heterocycles. The van der Waals surface area contributed by atoms with Crippen LogP contribution in [0.3, 0.4) is 0 Å². The number of benzene rings is 1. The van der Waals surface area contributed by atoms with Gasteiger partial charge in [0.15, 0.2) is 11.5 Å². The Kier molecular flexibility index (Phi) is 6.60. The van der Waals surface area contributed by atoms with Gasteiger partial charge < -0.3 is 29.7 Å². The zero-order valence-electron chi connectivity index (χ0n) is 15.8. The van der Waals surface area contributed by atoms with Gasteiger partial charge in [-0.25, -0.2) is 14.3 Å². The van der Waals surface area contributed by atoms with Gasteiger partial charge in [0, 0.05) is 5.02 Å². The topological polar surface area (TPSA) is 208 Å². The van der Waals surface area contributed by atoms with Crippen molar-refractivity contribution in [3.8, 4) is 11.5 Å². The minimum absolute atomic E-state index is 0.201. The van der Waals surface area contributed by atoms with Crippen molar-refractivity contribution >= 4 is 30.5 Å². The number of H-pyrrole nitrogens is 1. The fourth-order valence-electron chi connectivity index (χ4n) is 2.93. The Morgan fingerprint density at radius 3 is 2.52 bits per heavy atom. The van der Waals surface area contributed by atoms with Crippen LogP contribution in [0, 0.1) is 6.92 Å². The molecule has 3 rings (SSSR count). The molecule has 13 nitrogen and oxygen atoms in total. The second kappa shape index (κ2) is 8.73. The van der Waals surface area contributed by atoms with Gasteiger partial charge in [0.25, 0.3) is 5.56 Å². The van der Waals surface area contributed by atoms with Gasteiger partial charge in [-0.15, -0.1) is 0 Å². The van der Waals surface area contributed by atoms with E-state index in [1.54, 1.807) is 13.0 Å². The maximum absolute atomic E-state index is 12.2. The number of phosphoric ester groups is 1. The molecule has 0 saturated heterocycles. The van der Waals surface area contributed by atoms with E-state index in [-0.39, 0.29) is 22.6 Å². The van der Waals surface area contributed by atoms with Crippen LogP contribution in [0.25, 0.3) is 22.6 Å². The quantitative estimate of drug-likeness (QED) is 0.175. The van der Waals surface area contributed by atoms with E-state index < -0.39 is 50.5 Å². The van der Waals surface area contributed by atoms with E-state index in [4.69, 9.17) is 21.4 Å². The van der Waals surface area contributed by atoms with Crippen molar-refractivity contribution in [2.24, 2.45) is 0 Å². The van der Waals surface area contributed by atoms with Crippen LogP contribution in [0.2, 0.25) is 5.02 Å². The molecule has 1 aromatic carbocycles. The van der Waals surface area contributed by atoms with Crippen LogP contribution in [-0.2, 0) is 15.6 Å². The van der Waals surface area contributed by atoms with Crippen LogP contribution in [0.4, 0.5) is 0 Å². The largest absolute Gasteiger partial charge is 0.469 e. The fourth-order valence-corrected chi connectivity index (χ4v) is 3.43. The SMILES string of the molecule is Cc1cc2nc3c(=O)[nH]c(=O)nc-3n(C[C@H](O)[C@H](O)[C@H](O)COP(=O)(O)O)c2cc1Cl. The summed E-state index contributed by atoms with van der Waals surface area (Å²) in [6.07, 6.45) is -5.50. The summed E-state index contributed by atoms with van der Waals surface area (Å²) < 4.78 is 16.1. The van der Waals surface area contributed by atoms with Crippen LogP contribution in [-0.4, -0.2) is 69.5 Å². The van der Waals surface area contributed by atoms with Gasteiger partial charge >= 0.3 is 13.5 Å². The number of aromatic nitrogens is 4. The molecule has 2 aliphatic rings. The maximum atomic E-state index is 12.2. The number of aliphatic hydroxyl groups excluding tert-OH is 3. The van der Waals surface area contributed by atoms with Crippen LogP contribution in [0.1, 0.15) is 5.56 Å². The smallest absolute Gasteiger partial charge is 0.388 e. The molecule has 6 N–H and O–H groups in total. The monoisotopic (exact) mass is 476 g/mol. The standard InChI is InChI=1S/C16H18ClN4O9P/c1-6-2-8-9(3-7(6)17)21(14-12(18-8)15(25)20-16(26)19-14)4-10(22)13(24)11(23)5-30-31(27,28)29/h2-3,10-11,13,22-24H,4-5H2,1H3,(H,20,25,26)(H2,27,28,29)/t10-,11+,13-/m0/s1. The Morgan fingerprint density at radius 1 is 1.19 bits per heavy atom. The van der Waals surface area contributed by atoms with Crippen LogP contribution >= 0.6 is 19.4 Å². The summed E-state index contributed by atoms with van der Waals surface area (Å²) >= 11 is 6.17. The van der Waals surface area contributed by atoms with Crippen molar-refractivity contribution in [2.45, 2.75) is 31.8 Å². The van der Waals surface area contributed by atoms with E-state index in [1.165, 1.54) is 10.6 Å². The number of fused-ring (bicyclic) bond motifs is 2. The molecule has 0 aliphatic carbocycles. The number of phosphoric acid groups is 1. The zero-order chi connectivity index (χ0) is 23.1. The lowest BCUT2D eigenvalue weighted by Gasteiger charge is -2.25. The molecule has 0 spiro atoms. The van der Waals surface area contributed by atoms with Gasteiger partial charge in [0.1, 0.15) is 18.3 Å². The third-order valence-corrected chi connectivity index (χ3v) is 5.35. The summed E-state index contributed by atoms with van der Waals surface area (Å²) in [6.45, 7) is 0.259. The Morgan fingerprint density at radius 2 is 1.87 bits per heavy atom. The number of aliphatic hydroxyl groups is 3. The van der Waals surface area contributed by atoms with Crippen molar-refractivity contribution in [1.29, 1.82) is 0 Å². The highest BCUT2D eigenvalue weighted by Crippen LogP contribution is 2.36. The number of aryl methyl sites for hydroxylation is 1. The first-order valence-corrected chi connectivity index (χ1v) is 10.6. The predicted molar refractivity (Wildman–Crippen MR) is 107 cm³/mol. The van der Waals surface area contributed by atoms with Gasteiger partial charge in [-0.2, -0.15) is 4.98 Å². The minimum atomic E-state index is -4.91. The van der Waals surface area contributed by atoms with E-state index in [0.717, 1.165) is 0 Å². The van der Waals surface area contributed by atoms with Crippen molar-refractivity contribution in [1.82, 2.24) is 19.5 Å². The van der Waals surface area contributed by atoms with Gasteiger partial charge in [-0.05, 0) is 24.6 Å². The molecule has 0 unspecified atom stereocenters. The Balaban J connectivity index is 2.06. The van der Waals surface area contributed by atoms with Crippen molar-refractivity contribution in [3.05, 3.63) is 43.6 Å². The average molecular weight is 477 g/mol. The van der Waals surface area contributed by atoms with E-state index >= 15 is 0 Å². The van der Waals surface area contributed by atoms with Gasteiger partial charge in [-0.3, -0.25) is 14.3 Å². The molecule has 2 aliphatic heterocycles. The normalized spacial score (nSPS) is 15.3. The van der Waals surface area contributed by atoms with Crippen LogP contribution in [0.5, 0.6) is 0 Å². The van der Waals surface area contributed by atoms with Gasteiger partial charge in [-0.1, -0.05) is 11.6 Å². The van der Waals surface area contributed by atoms with Crippen molar-refractivity contribution < 1.29 is 34.2 Å². The fraction of sp³-hybridized carbons (Fsp3) is 0.375. The highest BCUT2D eigenvalue weighted by Gasteiger charge is 2.30. The predicted octanol–water partition coefficient (Wildman–Crippen LogP) is -1.26. The maximum Gasteiger partial charge on any atom is 0.469 e. The summed E-state index contributed by atoms with van der Waals surface area (Å²) in [5, 5.41) is 30.8. The molecule has 0 saturated carbocycles. The molecule has 1 aromatic rings. The first kappa shape index (κ1) is 23.4. The molecule has 0 amide bonds. The summed E-state index contributed by atoms with van der Waals surface area (Å²) in [6, 6.07) is 3.04. The number of hydrogen-bond donors (Lipinski definition) is 6. The molecule has 0 radical (unpaired) electrons. The highest BCUT2D eigenvalue weighted by molar-refractivity contribution is 7.46. The Labute approximate surface area is 178 Å². The van der Waals surface area contributed by atoms with E-state index in [0.29, 0.717) is 10.6 Å². The van der Waals surface area contributed by atoms with E-state index in [9.17, 15) is 29.5 Å². The molecular formula is C16H18ClN4O9P. The Hall–Kier alpha value is -2.22. The van der Waals surface area contributed by atoms with Gasteiger partial charge in [0.05, 0.1) is 24.2 Å². The first-order chi connectivity index (χ1) is 14.4. The highest BCUT2D eigenvalue weighted by atomic mass is 35.5. The first-order valence-electron chi connectivity index (χ1n) is 8.72. The zero-order valence-corrected chi connectivity index (χ0v) is 17.5. The third kappa shape index (κ3) is 5.17. The summed E-state index contributed by atoms with van der Waals surface area (Å²) in [4.78, 5) is 51.3. The number of aromatic amines is 1. The summed E-state index contributed by atoms with van der Waals surface area (Å²) in [5.74, 6) is -0.201. The second-order valence-electron chi connectivity index (χ2n) is 6.77. The summed E-state index contributed by atoms with van der Waals surface area (Å²) in [5.41, 5.74) is -0.789. The molecule has 0 aromatic heterocycles. The second-order valence-corrected chi connectivity index (χ2v) is 8.41. The number of halogens is 1. The number of nitrogens with zero attached hydrogens (tertiary/aromatic N) is 3. The molecule has 31 heavy (non-hydrogen) atoms.